The Morgan fingerprint density at radius 2 is 2.18 bits per heavy atom. The number of hydrogen-bond donors (Lipinski definition) is 3. The first-order valence-corrected chi connectivity index (χ1v) is 12.8. The summed E-state index contributed by atoms with van der Waals surface area (Å²) < 4.78 is 21.6. The largest absolute Gasteiger partial charge is 0.492 e. The van der Waals surface area contributed by atoms with Gasteiger partial charge in [0.15, 0.2) is 5.65 Å². The van der Waals surface area contributed by atoms with E-state index in [0.29, 0.717) is 42.5 Å². The fourth-order valence-electron chi connectivity index (χ4n) is 4.87. The molecule has 6 rings (SSSR count). The van der Waals surface area contributed by atoms with Gasteiger partial charge in [-0.25, -0.2) is 13.9 Å². The Bertz CT molecular complexity index is 1650. The monoisotopic (exact) mass is 550 g/mol. The number of β-amino-alcohol motifs (C(OH)–C–C–N with tert-alkyl or cyclic N) is 1. The molecule has 1 aliphatic rings. The lowest BCUT2D eigenvalue weighted by Gasteiger charge is -2.36. The van der Waals surface area contributed by atoms with Crippen molar-refractivity contribution in [2.45, 2.75) is 25.5 Å². The number of carbonyl (C=O) groups excluding carboxylic acids is 1. The molecule has 1 saturated heterocycles. The molecule has 0 unspecified atom stereocenters. The van der Waals surface area contributed by atoms with Crippen LogP contribution in [0.15, 0.2) is 49.1 Å². The van der Waals surface area contributed by atoms with Crippen molar-refractivity contribution >= 4 is 39.9 Å². The van der Waals surface area contributed by atoms with E-state index in [4.69, 9.17) is 16.3 Å². The van der Waals surface area contributed by atoms with E-state index in [0.717, 1.165) is 16.5 Å². The molecule has 1 aliphatic heterocycles. The Kier molecular flexibility index (Phi) is 6.49. The molecule has 13 heteroatoms. The predicted octanol–water partition coefficient (Wildman–Crippen LogP) is 3.23. The van der Waals surface area contributed by atoms with Crippen LogP contribution in [0.4, 0.5) is 10.2 Å². The maximum absolute atomic E-state index is 14.1. The fourth-order valence-corrected chi connectivity index (χ4v) is 5.12. The summed E-state index contributed by atoms with van der Waals surface area (Å²) >= 11 is 6.01. The molecule has 1 aromatic carbocycles. The number of piperidine rings is 1. The molecule has 1 amide bonds. The number of aromatic nitrogens is 6. The summed E-state index contributed by atoms with van der Waals surface area (Å²) in [4.78, 5) is 23.8. The van der Waals surface area contributed by atoms with E-state index >= 15 is 0 Å². The lowest BCUT2D eigenvalue weighted by Crippen LogP contribution is -2.54. The number of aliphatic hydroxyl groups is 1. The second kappa shape index (κ2) is 10.1. The number of carbonyl (C=O) groups is 1. The van der Waals surface area contributed by atoms with Crippen LogP contribution < -0.4 is 15.0 Å². The van der Waals surface area contributed by atoms with Crippen LogP contribution in [0.3, 0.4) is 0 Å². The van der Waals surface area contributed by atoms with Gasteiger partial charge in [-0.15, -0.1) is 5.10 Å². The number of hydrogen-bond acceptors (Lipinski definition) is 8. The number of aromatic amines is 1. The molecule has 1 fully saturated rings. The maximum Gasteiger partial charge on any atom is 0.256 e. The quantitative estimate of drug-likeness (QED) is 0.293. The third-order valence-electron chi connectivity index (χ3n) is 6.74. The highest BCUT2D eigenvalue weighted by Gasteiger charge is 2.31. The lowest BCUT2D eigenvalue weighted by molar-refractivity contribution is 0.0794. The van der Waals surface area contributed by atoms with Crippen molar-refractivity contribution in [3.05, 3.63) is 65.5 Å². The Balaban J connectivity index is 1.20. The molecule has 5 aromatic rings. The molecule has 39 heavy (non-hydrogen) atoms. The Morgan fingerprint density at radius 1 is 1.31 bits per heavy atom. The average Bonchev–Trinajstić information content (AvgIpc) is 3.51. The standard InChI is InChI=1S/C26H24ClFN8O3/c1-2-39-14-8-15(24-16-9-31-33-25(16)34-36(24)12-14)20-10-30-22(11-29-20)35-7-6-19(21(37)13-35)32-26(38)23-17(27)4-3-5-18(23)28/h3-5,8-12,19,21,37H,2,6-7,13H2,1H3,(H,32,38)(H,33,34)/t19-,21-/m0/s1. The number of anilines is 1. The SMILES string of the molecule is CCOc1cc(-c2cnc(N3CC[C@H](NC(=O)c4c(F)cccc4Cl)[C@@H](O)C3)cn2)c2c3cn[nH]c3nn2c1. The number of amides is 1. The van der Waals surface area contributed by atoms with Gasteiger partial charge in [-0.3, -0.25) is 14.9 Å². The van der Waals surface area contributed by atoms with E-state index < -0.39 is 23.9 Å². The fraction of sp³-hybridized carbons (Fsp3) is 0.269. The minimum atomic E-state index is -0.904. The highest BCUT2D eigenvalue weighted by atomic mass is 35.5. The summed E-state index contributed by atoms with van der Waals surface area (Å²) in [7, 11) is 0. The van der Waals surface area contributed by atoms with E-state index in [1.807, 2.05) is 24.1 Å². The van der Waals surface area contributed by atoms with Crippen LogP contribution in [0.25, 0.3) is 27.8 Å². The van der Waals surface area contributed by atoms with E-state index in [1.165, 1.54) is 18.2 Å². The van der Waals surface area contributed by atoms with Gasteiger partial charge in [-0.2, -0.15) is 5.10 Å². The zero-order valence-corrected chi connectivity index (χ0v) is 21.6. The van der Waals surface area contributed by atoms with Gasteiger partial charge in [0.25, 0.3) is 5.91 Å². The van der Waals surface area contributed by atoms with Crippen LogP contribution in [0, 0.1) is 5.82 Å². The molecule has 0 saturated carbocycles. The van der Waals surface area contributed by atoms with Crippen molar-refractivity contribution in [2.75, 3.05) is 24.6 Å². The Hall–Kier alpha value is -4.29. The molecule has 5 heterocycles. The van der Waals surface area contributed by atoms with E-state index in [2.05, 4.69) is 30.6 Å². The first-order valence-electron chi connectivity index (χ1n) is 12.4. The molecule has 3 N–H and O–H groups in total. The van der Waals surface area contributed by atoms with Crippen molar-refractivity contribution < 1.29 is 19.0 Å². The number of aliphatic hydroxyl groups excluding tert-OH is 1. The minimum absolute atomic E-state index is 0.0169. The van der Waals surface area contributed by atoms with Crippen LogP contribution >= 0.6 is 11.6 Å². The zero-order valence-electron chi connectivity index (χ0n) is 20.8. The van der Waals surface area contributed by atoms with Crippen LogP contribution in [0.5, 0.6) is 5.75 Å². The summed E-state index contributed by atoms with van der Waals surface area (Å²) in [5, 5.41) is 25.8. The number of benzene rings is 1. The van der Waals surface area contributed by atoms with Gasteiger partial charge in [0.1, 0.15) is 17.4 Å². The molecular formula is C26H24ClFN8O3. The molecule has 0 radical (unpaired) electrons. The number of pyridine rings is 1. The molecule has 0 bridgehead atoms. The van der Waals surface area contributed by atoms with Crippen molar-refractivity contribution in [3.63, 3.8) is 0 Å². The second-order valence-corrected chi connectivity index (χ2v) is 9.59. The Labute approximate surface area is 226 Å². The first kappa shape index (κ1) is 25.0. The first-order chi connectivity index (χ1) is 18.9. The van der Waals surface area contributed by atoms with Gasteiger partial charge < -0.3 is 20.1 Å². The summed E-state index contributed by atoms with van der Waals surface area (Å²) in [5.41, 5.74) is 2.65. The topological polar surface area (TPSA) is 134 Å². The number of rotatable bonds is 6. The van der Waals surface area contributed by atoms with E-state index in [9.17, 15) is 14.3 Å². The van der Waals surface area contributed by atoms with Gasteiger partial charge in [0.2, 0.25) is 0 Å². The van der Waals surface area contributed by atoms with Crippen molar-refractivity contribution in [2.24, 2.45) is 0 Å². The van der Waals surface area contributed by atoms with Crippen LogP contribution in [0.2, 0.25) is 5.02 Å². The molecule has 2 atom stereocenters. The summed E-state index contributed by atoms with van der Waals surface area (Å²) in [5.74, 6) is -0.144. The van der Waals surface area contributed by atoms with Crippen molar-refractivity contribution in [3.8, 4) is 17.0 Å². The van der Waals surface area contributed by atoms with Crippen molar-refractivity contribution in [1.82, 2.24) is 35.1 Å². The highest BCUT2D eigenvalue weighted by Crippen LogP contribution is 2.32. The number of H-pyrrole nitrogens is 1. The third-order valence-corrected chi connectivity index (χ3v) is 7.05. The predicted molar refractivity (Wildman–Crippen MR) is 143 cm³/mol. The van der Waals surface area contributed by atoms with Crippen LogP contribution in [0.1, 0.15) is 23.7 Å². The van der Waals surface area contributed by atoms with Gasteiger partial charge in [0, 0.05) is 18.7 Å². The summed E-state index contributed by atoms with van der Waals surface area (Å²) in [6.45, 7) is 3.13. The normalized spacial score (nSPS) is 17.6. The Morgan fingerprint density at radius 3 is 2.92 bits per heavy atom. The number of ether oxygens (including phenoxy) is 1. The second-order valence-electron chi connectivity index (χ2n) is 9.19. The van der Waals surface area contributed by atoms with Crippen LogP contribution in [-0.4, -0.2) is 72.6 Å². The molecule has 4 aromatic heterocycles. The minimum Gasteiger partial charge on any atom is -0.492 e. The van der Waals surface area contributed by atoms with Crippen LogP contribution in [-0.2, 0) is 0 Å². The summed E-state index contributed by atoms with van der Waals surface area (Å²) in [6.07, 6.45) is 6.36. The number of halogens is 2. The van der Waals surface area contributed by atoms with E-state index in [1.54, 1.807) is 23.1 Å². The zero-order chi connectivity index (χ0) is 27.1. The highest BCUT2D eigenvalue weighted by molar-refractivity contribution is 6.33. The molecule has 0 aliphatic carbocycles. The van der Waals surface area contributed by atoms with Gasteiger partial charge in [-0.05, 0) is 31.5 Å². The third kappa shape index (κ3) is 4.61. The van der Waals surface area contributed by atoms with Crippen molar-refractivity contribution in [1.29, 1.82) is 0 Å². The number of nitrogens with one attached hydrogen (secondary N) is 2. The van der Waals surface area contributed by atoms with Gasteiger partial charge >= 0.3 is 0 Å². The summed E-state index contributed by atoms with van der Waals surface area (Å²) in [6, 6.07) is 5.39. The molecular weight excluding hydrogens is 527 g/mol. The smallest absolute Gasteiger partial charge is 0.256 e. The molecule has 11 nitrogen and oxygen atoms in total. The average molecular weight is 551 g/mol. The number of fused-ring (bicyclic) bond motifs is 3. The molecule has 200 valence electrons. The molecule has 0 spiro atoms. The van der Waals surface area contributed by atoms with Gasteiger partial charge in [-0.1, -0.05) is 17.7 Å². The lowest BCUT2D eigenvalue weighted by atomic mass is 10.0. The maximum atomic E-state index is 14.1. The van der Waals surface area contributed by atoms with Gasteiger partial charge in [0.05, 0.1) is 70.7 Å². The van der Waals surface area contributed by atoms with E-state index in [-0.39, 0.29) is 17.1 Å². The number of nitrogens with zero attached hydrogens (tertiary/aromatic N) is 6.